The molecule has 6 atom stereocenters. The quantitative estimate of drug-likeness (QED) is 0.301. The van der Waals surface area contributed by atoms with E-state index in [2.05, 4.69) is 22.9 Å². The minimum atomic E-state index is -0.983. The minimum Gasteiger partial charge on any atom is -0.481 e. The van der Waals surface area contributed by atoms with Gasteiger partial charge in [-0.2, -0.15) is 0 Å². The summed E-state index contributed by atoms with van der Waals surface area (Å²) in [6, 6.07) is -0.606. The number of nitrogens with zero attached hydrogens (tertiary/aromatic N) is 2. The van der Waals surface area contributed by atoms with E-state index in [9.17, 15) is 29.1 Å². The summed E-state index contributed by atoms with van der Waals surface area (Å²) in [5.41, 5.74) is 0. The van der Waals surface area contributed by atoms with Gasteiger partial charge in [-0.3, -0.25) is 19.2 Å². The zero-order chi connectivity index (χ0) is 31.1. The van der Waals surface area contributed by atoms with E-state index in [1.807, 2.05) is 6.92 Å². The van der Waals surface area contributed by atoms with E-state index in [0.29, 0.717) is 44.4 Å². The summed E-state index contributed by atoms with van der Waals surface area (Å²) in [5.74, 6) is -1.02. The van der Waals surface area contributed by atoms with Crippen LogP contribution in [0.1, 0.15) is 110 Å². The molecule has 1 aliphatic heterocycles. The fourth-order valence-corrected chi connectivity index (χ4v) is 7.95. The third-order valence-electron chi connectivity index (χ3n) is 10.5. The molecule has 3 saturated carbocycles. The molecule has 4 N–H and O–H groups in total. The summed E-state index contributed by atoms with van der Waals surface area (Å²) in [4.78, 5) is 67.1. The Labute approximate surface area is 256 Å². The normalized spacial score (nSPS) is 32.3. The Bertz CT molecular complexity index is 1010. The maximum atomic E-state index is 13.8. The third-order valence-corrected chi connectivity index (χ3v) is 10.5. The molecule has 0 spiro atoms. The van der Waals surface area contributed by atoms with Crippen molar-refractivity contribution in [1.29, 1.82) is 0 Å². The van der Waals surface area contributed by atoms with Gasteiger partial charge in [0.05, 0.1) is 12.3 Å². The summed E-state index contributed by atoms with van der Waals surface area (Å²) in [7, 11) is 1.73. The van der Waals surface area contributed by atoms with Gasteiger partial charge in [0.1, 0.15) is 6.54 Å². The minimum absolute atomic E-state index is 0.0130. The second-order valence-corrected chi connectivity index (χ2v) is 13.7. The van der Waals surface area contributed by atoms with Gasteiger partial charge in [0.15, 0.2) is 0 Å². The van der Waals surface area contributed by atoms with Gasteiger partial charge in [0, 0.05) is 43.7 Å². The monoisotopic (exact) mass is 603 g/mol. The van der Waals surface area contributed by atoms with E-state index >= 15 is 0 Å². The molecule has 1 heterocycles. The van der Waals surface area contributed by atoms with E-state index in [0.717, 1.165) is 38.5 Å². The van der Waals surface area contributed by atoms with Gasteiger partial charge in [0.25, 0.3) is 0 Å². The number of nitrogens with one attached hydrogen (secondary N) is 3. The Hall–Kier alpha value is -2.85. The first kappa shape index (κ1) is 33.1. The van der Waals surface area contributed by atoms with Gasteiger partial charge in [-0.15, -0.1) is 0 Å². The average molecular weight is 604 g/mol. The highest BCUT2D eigenvalue weighted by Gasteiger charge is 2.45. The molecular weight excluding hydrogens is 550 g/mol. The lowest BCUT2D eigenvalue weighted by Gasteiger charge is -2.39. The lowest BCUT2D eigenvalue weighted by atomic mass is 9.79. The number of amides is 5. The van der Waals surface area contributed by atoms with Gasteiger partial charge in [-0.25, -0.2) is 4.79 Å². The molecule has 0 aromatic heterocycles. The first-order chi connectivity index (χ1) is 20.5. The Kier molecular flexibility index (Phi) is 11.7. The van der Waals surface area contributed by atoms with Gasteiger partial charge in [-0.05, 0) is 76.0 Å². The second-order valence-electron chi connectivity index (χ2n) is 13.7. The maximum absolute atomic E-state index is 13.8. The number of urea groups is 1. The number of carbonyl (C=O) groups excluding carboxylic acids is 4. The molecule has 3 aliphatic carbocycles. The molecule has 43 heavy (non-hydrogen) atoms. The highest BCUT2D eigenvalue weighted by molar-refractivity contribution is 5.90. The van der Waals surface area contributed by atoms with Crippen molar-refractivity contribution in [1.82, 2.24) is 25.8 Å². The molecule has 242 valence electrons. The fourth-order valence-electron chi connectivity index (χ4n) is 7.95. The summed E-state index contributed by atoms with van der Waals surface area (Å²) in [5, 5.41) is 18.9. The topological polar surface area (TPSA) is 148 Å². The molecule has 4 rings (SSSR count). The largest absolute Gasteiger partial charge is 0.481 e. The van der Waals surface area contributed by atoms with E-state index in [4.69, 9.17) is 0 Å². The highest BCUT2D eigenvalue weighted by Crippen LogP contribution is 2.34. The maximum Gasteiger partial charge on any atom is 0.315 e. The van der Waals surface area contributed by atoms with Gasteiger partial charge in [-0.1, -0.05) is 33.1 Å². The number of carboxylic acids is 1. The van der Waals surface area contributed by atoms with Crippen molar-refractivity contribution >= 4 is 29.7 Å². The predicted molar refractivity (Wildman–Crippen MR) is 162 cm³/mol. The Balaban J connectivity index is 1.25. The van der Waals surface area contributed by atoms with Crippen LogP contribution in [0.2, 0.25) is 0 Å². The van der Waals surface area contributed by atoms with Crippen molar-refractivity contribution in [2.45, 2.75) is 140 Å². The van der Waals surface area contributed by atoms with Crippen LogP contribution in [0.25, 0.3) is 0 Å². The molecule has 0 radical (unpaired) electrons. The SMILES string of the molecule is CCCC(CC(=O)O)N1CC(=O)N(C)C2CCC(NC(=O)CC3CCC(NC(=O)NC4CCCCC4C)CC3)CC2C1=O. The fraction of sp³-hybridized carbons (Fsp3) is 0.844. The first-order valence-electron chi connectivity index (χ1n) is 16.7. The molecule has 4 aliphatic rings. The van der Waals surface area contributed by atoms with Crippen molar-refractivity contribution in [2.24, 2.45) is 17.8 Å². The Morgan fingerprint density at radius 3 is 2.30 bits per heavy atom. The van der Waals surface area contributed by atoms with Crippen LogP contribution in [0.15, 0.2) is 0 Å². The molecule has 4 fully saturated rings. The van der Waals surface area contributed by atoms with Crippen LogP contribution in [-0.2, 0) is 19.2 Å². The molecular formula is C32H53N5O6. The van der Waals surface area contributed by atoms with E-state index in [1.54, 1.807) is 11.9 Å². The van der Waals surface area contributed by atoms with E-state index in [1.165, 1.54) is 17.7 Å². The van der Waals surface area contributed by atoms with Crippen LogP contribution in [0.3, 0.4) is 0 Å². The van der Waals surface area contributed by atoms with Crippen LogP contribution < -0.4 is 16.0 Å². The molecule has 5 amide bonds. The number of hydrogen-bond acceptors (Lipinski definition) is 5. The zero-order valence-electron chi connectivity index (χ0n) is 26.3. The van der Waals surface area contributed by atoms with Gasteiger partial charge >= 0.3 is 12.0 Å². The van der Waals surface area contributed by atoms with Crippen molar-refractivity contribution in [2.75, 3.05) is 13.6 Å². The highest BCUT2D eigenvalue weighted by atomic mass is 16.4. The van der Waals surface area contributed by atoms with Crippen LogP contribution >= 0.6 is 0 Å². The van der Waals surface area contributed by atoms with Crippen molar-refractivity contribution < 1.29 is 29.1 Å². The number of aliphatic carboxylic acids is 1. The molecule has 11 heteroatoms. The molecule has 1 saturated heterocycles. The lowest BCUT2D eigenvalue weighted by molar-refractivity contribution is -0.145. The number of hydrogen-bond donors (Lipinski definition) is 4. The van der Waals surface area contributed by atoms with E-state index in [-0.39, 0.29) is 66.8 Å². The molecule has 6 unspecified atom stereocenters. The standard InChI is InChI=1S/C32H53N5O6/c1-4-7-24(18-30(40)41)37-19-29(39)36(3)27-15-14-23(17-25(27)31(37)42)33-28(38)16-21-10-12-22(13-11-21)34-32(43)35-26-9-6-5-8-20(26)2/h20-27H,4-19H2,1-3H3,(H,33,38)(H,40,41)(H2,34,35,43). The van der Waals surface area contributed by atoms with Crippen LogP contribution in [-0.4, -0.2) is 88.4 Å². The average Bonchev–Trinajstić information content (AvgIpc) is 3.05. The zero-order valence-corrected chi connectivity index (χ0v) is 26.3. The lowest BCUT2D eigenvalue weighted by Crippen LogP contribution is -2.52. The van der Waals surface area contributed by atoms with Gasteiger partial charge < -0.3 is 30.9 Å². The molecule has 0 aromatic rings. The van der Waals surface area contributed by atoms with Gasteiger partial charge in [0.2, 0.25) is 17.7 Å². The summed E-state index contributed by atoms with van der Waals surface area (Å²) in [6.07, 6.45) is 11.3. The molecule has 11 nitrogen and oxygen atoms in total. The van der Waals surface area contributed by atoms with Crippen LogP contribution in [0.5, 0.6) is 0 Å². The summed E-state index contributed by atoms with van der Waals surface area (Å²) < 4.78 is 0. The predicted octanol–water partition coefficient (Wildman–Crippen LogP) is 3.41. The number of rotatable bonds is 10. The molecule has 0 aromatic carbocycles. The number of carboxylic acid groups (broad SMARTS) is 1. The van der Waals surface area contributed by atoms with Crippen molar-refractivity contribution in [3.63, 3.8) is 0 Å². The van der Waals surface area contributed by atoms with E-state index < -0.39 is 17.9 Å². The summed E-state index contributed by atoms with van der Waals surface area (Å²) in [6.45, 7) is 4.05. The smallest absolute Gasteiger partial charge is 0.315 e. The Morgan fingerprint density at radius 2 is 1.63 bits per heavy atom. The van der Waals surface area contributed by atoms with Crippen molar-refractivity contribution in [3.05, 3.63) is 0 Å². The number of fused-ring (bicyclic) bond motifs is 1. The van der Waals surface area contributed by atoms with Crippen molar-refractivity contribution in [3.8, 4) is 0 Å². The summed E-state index contributed by atoms with van der Waals surface area (Å²) >= 11 is 0. The molecule has 0 bridgehead atoms. The third kappa shape index (κ3) is 8.85. The Morgan fingerprint density at radius 1 is 0.930 bits per heavy atom. The first-order valence-corrected chi connectivity index (χ1v) is 16.7. The van der Waals surface area contributed by atoms with Crippen LogP contribution in [0, 0.1) is 17.8 Å². The van der Waals surface area contributed by atoms with Crippen LogP contribution in [0.4, 0.5) is 4.79 Å². The second kappa shape index (κ2) is 15.2. The number of likely N-dealkylation sites (N-methyl/N-ethyl adjacent to an activating group) is 1. The number of carbonyl (C=O) groups is 5.